The third kappa shape index (κ3) is 2.25. The molecule has 3 rings (SSSR count). The van der Waals surface area contributed by atoms with Crippen LogP contribution >= 0.6 is 11.3 Å². The first-order valence-corrected chi connectivity index (χ1v) is 7.06. The molecular formula is C15H15N3S. The Hall–Kier alpha value is -1.78. The summed E-state index contributed by atoms with van der Waals surface area (Å²) in [4.78, 5) is 10.4. The van der Waals surface area contributed by atoms with Crippen LogP contribution in [0.5, 0.6) is 0 Å². The molecule has 2 heterocycles. The molecule has 0 aliphatic carbocycles. The van der Waals surface area contributed by atoms with Crippen molar-refractivity contribution in [3.8, 4) is 11.4 Å². The van der Waals surface area contributed by atoms with Gasteiger partial charge in [0.15, 0.2) is 0 Å². The van der Waals surface area contributed by atoms with E-state index in [2.05, 4.69) is 17.1 Å². The average molecular weight is 269 g/mol. The van der Waals surface area contributed by atoms with Crippen molar-refractivity contribution >= 4 is 22.2 Å². The number of aryl methyl sites for hydroxylation is 1. The number of thiazole rings is 1. The summed E-state index contributed by atoms with van der Waals surface area (Å²) in [6.45, 7) is 3.98. The molecule has 2 N–H and O–H groups in total. The van der Waals surface area contributed by atoms with Gasteiger partial charge in [-0.1, -0.05) is 24.3 Å². The lowest BCUT2D eigenvalue weighted by Gasteiger charge is -2.06. The molecule has 0 spiro atoms. The standard InChI is InChI=1S/C15H15N3S/c1-9(16)15-14(17-10(2)19-15)13-8-7-11-5-3-4-6-12(11)18-13/h3-9H,16H2,1-2H3. The Morgan fingerprint density at radius 2 is 1.89 bits per heavy atom. The van der Waals surface area contributed by atoms with E-state index in [-0.39, 0.29) is 6.04 Å². The first kappa shape index (κ1) is 12.3. The van der Waals surface area contributed by atoms with Crippen molar-refractivity contribution in [2.24, 2.45) is 5.73 Å². The summed E-state index contributed by atoms with van der Waals surface area (Å²) in [5, 5.41) is 2.16. The molecule has 0 fully saturated rings. The van der Waals surface area contributed by atoms with Gasteiger partial charge in [0.2, 0.25) is 0 Å². The van der Waals surface area contributed by atoms with Crippen LogP contribution in [0, 0.1) is 6.92 Å². The van der Waals surface area contributed by atoms with Crippen molar-refractivity contribution in [2.45, 2.75) is 19.9 Å². The second-order valence-electron chi connectivity index (χ2n) is 4.62. The number of benzene rings is 1. The molecule has 19 heavy (non-hydrogen) atoms. The zero-order valence-corrected chi connectivity index (χ0v) is 11.7. The summed E-state index contributed by atoms with van der Waals surface area (Å²) in [6.07, 6.45) is 0. The highest BCUT2D eigenvalue weighted by atomic mass is 32.1. The number of rotatable bonds is 2. The zero-order valence-electron chi connectivity index (χ0n) is 10.9. The Labute approximate surface area is 116 Å². The third-order valence-corrected chi connectivity index (χ3v) is 4.19. The van der Waals surface area contributed by atoms with E-state index in [1.54, 1.807) is 11.3 Å². The van der Waals surface area contributed by atoms with E-state index < -0.39 is 0 Å². The number of nitrogens with zero attached hydrogens (tertiary/aromatic N) is 2. The monoisotopic (exact) mass is 269 g/mol. The van der Waals surface area contributed by atoms with Gasteiger partial charge in [0.05, 0.1) is 21.1 Å². The lowest BCUT2D eigenvalue weighted by atomic mass is 10.1. The maximum absolute atomic E-state index is 6.02. The summed E-state index contributed by atoms with van der Waals surface area (Å²) in [5.41, 5.74) is 8.83. The van der Waals surface area contributed by atoms with Gasteiger partial charge in [-0.3, -0.25) is 0 Å². The van der Waals surface area contributed by atoms with Gasteiger partial charge in [-0.15, -0.1) is 11.3 Å². The average Bonchev–Trinajstić information content (AvgIpc) is 2.80. The lowest BCUT2D eigenvalue weighted by molar-refractivity contribution is 0.836. The Morgan fingerprint density at radius 1 is 1.11 bits per heavy atom. The molecule has 0 bridgehead atoms. The number of aromatic nitrogens is 2. The zero-order chi connectivity index (χ0) is 13.4. The fraction of sp³-hybridized carbons (Fsp3) is 0.200. The van der Waals surface area contributed by atoms with Crippen molar-refractivity contribution < 1.29 is 0 Å². The van der Waals surface area contributed by atoms with Crippen molar-refractivity contribution in [1.82, 2.24) is 9.97 Å². The number of para-hydroxylation sites is 1. The molecule has 0 amide bonds. The number of hydrogen-bond donors (Lipinski definition) is 1. The van der Waals surface area contributed by atoms with Crippen LogP contribution in [0.4, 0.5) is 0 Å². The maximum atomic E-state index is 6.02. The molecule has 0 aliphatic heterocycles. The minimum absolute atomic E-state index is 0.0190. The summed E-state index contributed by atoms with van der Waals surface area (Å²) in [6, 6.07) is 12.2. The highest BCUT2D eigenvalue weighted by Crippen LogP contribution is 2.31. The highest BCUT2D eigenvalue weighted by Gasteiger charge is 2.15. The number of nitrogens with two attached hydrogens (primary N) is 1. The van der Waals surface area contributed by atoms with E-state index >= 15 is 0 Å². The van der Waals surface area contributed by atoms with E-state index in [9.17, 15) is 0 Å². The van der Waals surface area contributed by atoms with Gasteiger partial charge in [-0.2, -0.15) is 0 Å². The van der Waals surface area contributed by atoms with Crippen LogP contribution in [-0.2, 0) is 0 Å². The summed E-state index contributed by atoms with van der Waals surface area (Å²) in [7, 11) is 0. The van der Waals surface area contributed by atoms with Crippen LogP contribution in [0.25, 0.3) is 22.3 Å². The lowest BCUT2D eigenvalue weighted by Crippen LogP contribution is -2.04. The van der Waals surface area contributed by atoms with Crippen LogP contribution in [0.1, 0.15) is 22.9 Å². The van der Waals surface area contributed by atoms with Crippen molar-refractivity contribution in [3.05, 3.63) is 46.3 Å². The first-order valence-electron chi connectivity index (χ1n) is 6.24. The van der Waals surface area contributed by atoms with E-state index in [0.717, 1.165) is 32.2 Å². The smallest absolute Gasteiger partial charge is 0.105 e. The molecule has 0 radical (unpaired) electrons. The van der Waals surface area contributed by atoms with E-state index in [4.69, 9.17) is 10.7 Å². The Kier molecular flexibility index (Phi) is 3.05. The van der Waals surface area contributed by atoms with E-state index in [1.165, 1.54) is 0 Å². The summed E-state index contributed by atoms with van der Waals surface area (Å²) in [5.74, 6) is 0. The van der Waals surface area contributed by atoms with Crippen molar-refractivity contribution in [2.75, 3.05) is 0 Å². The van der Waals surface area contributed by atoms with Crippen molar-refractivity contribution in [3.63, 3.8) is 0 Å². The van der Waals surface area contributed by atoms with Gasteiger partial charge in [0.25, 0.3) is 0 Å². The van der Waals surface area contributed by atoms with Crippen LogP contribution < -0.4 is 5.73 Å². The highest BCUT2D eigenvalue weighted by molar-refractivity contribution is 7.12. The quantitative estimate of drug-likeness (QED) is 0.772. The second kappa shape index (κ2) is 4.72. The number of fused-ring (bicyclic) bond motifs is 1. The number of pyridine rings is 1. The normalized spacial score (nSPS) is 12.8. The number of hydrogen-bond acceptors (Lipinski definition) is 4. The Morgan fingerprint density at radius 3 is 2.68 bits per heavy atom. The molecular weight excluding hydrogens is 254 g/mol. The van der Waals surface area contributed by atoms with Crippen molar-refractivity contribution in [1.29, 1.82) is 0 Å². The predicted molar refractivity (Wildman–Crippen MR) is 80.2 cm³/mol. The molecule has 0 saturated carbocycles. The van der Waals surface area contributed by atoms with Crippen LogP contribution in [0.15, 0.2) is 36.4 Å². The second-order valence-corrected chi connectivity index (χ2v) is 5.86. The third-order valence-electron chi connectivity index (χ3n) is 3.01. The molecule has 3 nitrogen and oxygen atoms in total. The van der Waals surface area contributed by atoms with Gasteiger partial charge >= 0.3 is 0 Å². The molecule has 0 saturated heterocycles. The van der Waals surface area contributed by atoms with Gasteiger partial charge in [0, 0.05) is 11.4 Å². The topological polar surface area (TPSA) is 51.8 Å². The summed E-state index contributed by atoms with van der Waals surface area (Å²) >= 11 is 1.65. The van der Waals surface area contributed by atoms with Crippen LogP contribution in [-0.4, -0.2) is 9.97 Å². The maximum Gasteiger partial charge on any atom is 0.105 e. The Bertz CT molecular complexity index is 731. The molecule has 1 unspecified atom stereocenters. The van der Waals surface area contributed by atoms with E-state index in [1.807, 2.05) is 38.1 Å². The minimum atomic E-state index is -0.0190. The largest absolute Gasteiger partial charge is 0.323 e. The molecule has 0 aliphatic rings. The molecule has 3 aromatic rings. The van der Waals surface area contributed by atoms with Gasteiger partial charge in [-0.05, 0) is 26.0 Å². The minimum Gasteiger partial charge on any atom is -0.323 e. The fourth-order valence-corrected chi connectivity index (χ4v) is 3.02. The van der Waals surface area contributed by atoms with Gasteiger partial charge < -0.3 is 5.73 Å². The van der Waals surface area contributed by atoms with Crippen LogP contribution in [0.2, 0.25) is 0 Å². The predicted octanol–water partition coefficient (Wildman–Crippen LogP) is 3.69. The fourth-order valence-electron chi connectivity index (χ4n) is 2.13. The molecule has 1 aromatic carbocycles. The van der Waals surface area contributed by atoms with Gasteiger partial charge in [-0.25, -0.2) is 9.97 Å². The van der Waals surface area contributed by atoms with E-state index in [0.29, 0.717) is 0 Å². The van der Waals surface area contributed by atoms with Gasteiger partial charge in [0.1, 0.15) is 5.69 Å². The molecule has 96 valence electrons. The first-order chi connectivity index (χ1) is 9.15. The molecule has 2 aromatic heterocycles. The SMILES string of the molecule is Cc1nc(-c2ccc3ccccc3n2)c(C(C)N)s1. The Balaban J connectivity index is 2.18. The van der Waals surface area contributed by atoms with Crippen LogP contribution in [0.3, 0.4) is 0 Å². The summed E-state index contributed by atoms with van der Waals surface area (Å²) < 4.78 is 0. The molecule has 4 heteroatoms. The molecule has 1 atom stereocenters.